The predicted octanol–water partition coefficient (Wildman–Crippen LogP) is 5.46. The van der Waals surface area contributed by atoms with Crippen molar-refractivity contribution < 1.29 is 8.78 Å². The number of benzene rings is 2. The fraction of sp³-hybridized carbons (Fsp3) is 0.250. The van der Waals surface area contributed by atoms with Crippen molar-refractivity contribution >= 4 is 21.6 Å². The lowest BCUT2D eigenvalue weighted by atomic mass is 10.1. The summed E-state index contributed by atoms with van der Waals surface area (Å²) in [6.45, 7) is 3.87. The Morgan fingerprint density at radius 2 is 1.95 bits per heavy atom. The third-order valence-corrected chi connectivity index (χ3v) is 3.76. The summed E-state index contributed by atoms with van der Waals surface area (Å²) in [5.41, 5.74) is 2.39. The van der Waals surface area contributed by atoms with Crippen LogP contribution in [0.25, 0.3) is 0 Å². The van der Waals surface area contributed by atoms with Crippen molar-refractivity contribution in [1.29, 1.82) is 0 Å². The molecular formula is C16H16BrF2N. The van der Waals surface area contributed by atoms with Crippen LogP contribution in [0.2, 0.25) is 0 Å². The highest BCUT2D eigenvalue weighted by Gasteiger charge is 2.15. The van der Waals surface area contributed by atoms with E-state index in [4.69, 9.17) is 0 Å². The fourth-order valence-electron chi connectivity index (χ4n) is 2.16. The van der Waals surface area contributed by atoms with E-state index >= 15 is 0 Å². The van der Waals surface area contributed by atoms with E-state index in [9.17, 15) is 8.78 Å². The molecule has 1 N–H and O–H groups in total. The average molecular weight is 340 g/mol. The van der Waals surface area contributed by atoms with Crippen LogP contribution in [0.3, 0.4) is 0 Å². The second-order valence-corrected chi connectivity index (χ2v) is 5.58. The van der Waals surface area contributed by atoms with Crippen molar-refractivity contribution in [2.45, 2.75) is 26.3 Å². The van der Waals surface area contributed by atoms with Gasteiger partial charge >= 0.3 is 0 Å². The smallest absolute Gasteiger partial charge is 0.164 e. The quantitative estimate of drug-likeness (QED) is 0.779. The van der Waals surface area contributed by atoms with E-state index in [0.717, 1.165) is 28.2 Å². The van der Waals surface area contributed by atoms with Gasteiger partial charge in [0.1, 0.15) is 0 Å². The Morgan fingerprint density at radius 3 is 2.65 bits per heavy atom. The lowest BCUT2D eigenvalue weighted by molar-refractivity contribution is 0.494. The van der Waals surface area contributed by atoms with Gasteiger partial charge in [-0.2, -0.15) is 0 Å². The van der Waals surface area contributed by atoms with Gasteiger partial charge in [0, 0.05) is 15.7 Å². The van der Waals surface area contributed by atoms with Gasteiger partial charge in [0.2, 0.25) is 0 Å². The molecule has 0 saturated carbocycles. The van der Waals surface area contributed by atoms with Gasteiger partial charge in [-0.1, -0.05) is 35.0 Å². The van der Waals surface area contributed by atoms with Gasteiger partial charge in [-0.05, 0) is 43.2 Å². The standard InChI is InChI=1S/C16H16BrF2N/c1-3-11-9-12(17)7-8-15(11)20-10(2)13-5-4-6-14(18)16(13)19/h4-10,20H,3H2,1-2H3. The van der Waals surface area contributed by atoms with Crippen molar-refractivity contribution in [2.24, 2.45) is 0 Å². The van der Waals surface area contributed by atoms with E-state index in [1.54, 1.807) is 6.07 Å². The zero-order valence-corrected chi connectivity index (χ0v) is 13.0. The average Bonchev–Trinajstić information content (AvgIpc) is 2.43. The SMILES string of the molecule is CCc1cc(Br)ccc1NC(C)c1cccc(F)c1F. The summed E-state index contributed by atoms with van der Waals surface area (Å²) >= 11 is 3.43. The van der Waals surface area contributed by atoms with Crippen LogP contribution in [0, 0.1) is 11.6 Å². The second-order valence-electron chi connectivity index (χ2n) is 4.66. The molecule has 1 unspecified atom stereocenters. The Balaban J connectivity index is 2.28. The van der Waals surface area contributed by atoms with Crippen molar-refractivity contribution in [1.82, 2.24) is 0 Å². The molecule has 0 radical (unpaired) electrons. The minimum atomic E-state index is -0.817. The predicted molar refractivity (Wildman–Crippen MR) is 81.9 cm³/mol. The van der Waals surface area contributed by atoms with Crippen LogP contribution in [0.1, 0.15) is 31.0 Å². The molecule has 1 atom stereocenters. The molecule has 0 aromatic heterocycles. The fourth-order valence-corrected chi connectivity index (χ4v) is 2.57. The van der Waals surface area contributed by atoms with Crippen LogP contribution in [0.4, 0.5) is 14.5 Å². The van der Waals surface area contributed by atoms with Gasteiger partial charge in [0.05, 0.1) is 6.04 Å². The van der Waals surface area contributed by atoms with Gasteiger partial charge in [-0.25, -0.2) is 8.78 Å². The summed E-state index contributed by atoms with van der Waals surface area (Å²) in [4.78, 5) is 0. The lowest BCUT2D eigenvalue weighted by Gasteiger charge is -2.19. The van der Waals surface area contributed by atoms with Gasteiger partial charge in [0.25, 0.3) is 0 Å². The molecule has 0 aliphatic heterocycles. The Morgan fingerprint density at radius 1 is 1.20 bits per heavy atom. The third kappa shape index (κ3) is 3.18. The molecule has 0 bridgehead atoms. The van der Waals surface area contributed by atoms with Crippen molar-refractivity contribution in [3.63, 3.8) is 0 Å². The van der Waals surface area contributed by atoms with Crippen molar-refractivity contribution in [3.8, 4) is 0 Å². The number of hydrogen-bond acceptors (Lipinski definition) is 1. The first-order chi connectivity index (χ1) is 9.52. The first-order valence-corrected chi connectivity index (χ1v) is 7.31. The Bertz CT molecular complexity index is 613. The molecule has 4 heteroatoms. The summed E-state index contributed by atoms with van der Waals surface area (Å²) in [5, 5.41) is 3.25. The molecule has 0 spiro atoms. The Labute approximate surface area is 126 Å². The molecule has 0 heterocycles. The maximum absolute atomic E-state index is 13.8. The lowest BCUT2D eigenvalue weighted by Crippen LogP contribution is -2.11. The Hall–Kier alpha value is -1.42. The van der Waals surface area contributed by atoms with Crippen LogP contribution in [-0.2, 0) is 6.42 Å². The minimum Gasteiger partial charge on any atom is -0.378 e. The first-order valence-electron chi connectivity index (χ1n) is 6.51. The molecule has 106 valence electrons. The molecule has 0 aliphatic rings. The van der Waals surface area contributed by atoms with E-state index in [0.29, 0.717) is 5.56 Å². The summed E-state index contributed by atoms with van der Waals surface area (Å²) < 4.78 is 28.1. The van der Waals surface area contributed by atoms with Crippen molar-refractivity contribution in [3.05, 3.63) is 63.6 Å². The molecule has 0 saturated heterocycles. The Kier molecular flexibility index (Phi) is 4.76. The molecular weight excluding hydrogens is 324 g/mol. The summed E-state index contributed by atoms with van der Waals surface area (Å²) in [6, 6.07) is 9.83. The van der Waals surface area contributed by atoms with Gasteiger partial charge in [-0.15, -0.1) is 0 Å². The first kappa shape index (κ1) is 15.0. The van der Waals surface area contributed by atoms with Gasteiger partial charge in [0.15, 0.2) is 11.6 Å². The largest absolute Gasteiger partial charge is 0.378 e. The zero-order chi connectivity index (χ0) is 14.7. The number of hydrogen-bond donors (Lipinski definition) is 1. The van der Waals surface area contributed by atoms with E-state index in [-0.39, 0.29) is 6.04 Å². The zero-order valence-electron chi connectivity index (χ0n) is 11.4. The second kappa shape index (κ2) is 6.35. The molecule has 0 fully saturated rings. The van der Waals surface area contributed by atoms with Crippen LogP contribution in [0.5, 0.6) is 0 Å². The van der Waals surface area contributed by atoms with E-state index in [1.165, 1.54) is 6.07 Å². The normalized spacial score (nSPS) is 12.2. The van der Waals surface area contributed by atoms with Crippen LogP contribution >= 0.6 is 15.9 Å². The summed E-state index contributed by atoms with van der Waals surface area (Å²) in [7, 11) is 0. The van der Waals surface area contributed by atoms with E-state index < -0.39 is 11.6 Å². The molecule has 1 nitrogen and oxygen atoms in total. The number of aryl methyl sites for hydroxylation is 1. The molecule has 20 heavy (non-hydrogen) atoms. The summed E-state index contributed by atoms with van der Waals surface area (Å²) in [5.74, 6) is -1.61. The van der Waals surface area contributed by atoms with Gasteiger partial charge < -0.3 is 5.32 Å². The highest BCUT2D eigenvalue weighted by Crippen LogP contribution is 2.27. The van der Waals surface area contributed by atoms with Crippen molar-refractivity contribution in [2.75, 3.05) is 5.32 Å². The van der Waals surface area contributed by atoms with Crippen LogP contribution < -0.4 is 5.32 Å². The molecule has 0 aliphatic carbocycles. The van der Waals surface area contributed by atoms with E-state index in [2.05, 4.69) is 28.2 Å². The maximum Gasteiger partial charge on any atom is 0.164 e. The van der Waals surface area contributed by atoms with Crippen LogP contribution in [-0.4, -0.2) is 0 Å². The highest BCUT2D eigenvalue weighted by atomic mass is 79.9. The summed E-state index contributed by atoms with van der Waals surface area (Å²) in [6.07, 6.45) is 0.861. The number of rotatable bonds is 4. The highest BCUT2D eigenvalue weighted by molar-refractivity contribution is 9.10. The monoisotopic (exact) mass is 339 g/mol. The number of halogens is 3. The molecule has 2 aromatic rings. The van der Waals surface area contributed by atoms with Crippen LogP contribution in [0.15, 0.2) is 40.9 Å². The maximum atomic E-state index is 13.8. The number of anilines is 1. The van der Waals surface area contributed by atoms with E-state index in [1.807, 2.05) is 25.1 Å². The van der Waals surface area contributed by atoms with Gasteiger partial charge in [-0.3, -0.25) is 0 Å². The third-order valence-electron chi connectivity index (χ3n) is 3.27. The number of nitrogens with one attached hydrogen (secondary N) is 1. The molecule has 2 rings (SSSR count). The topological polar surface area (TPSA) is 12.0 Å². The minimum absolute atomic E-state index is 0.308. The molecule has 0 amide bonds. The molecule has 2 aromatic carbocycles.